The molecule has 2 atom stereocenters. The number of aryl methyl sites for hydroxylation is 1. The number of aromatic amines is 1. The second kappa shape index (κ2) is 7.09. The molecule has 1 spiro atoms. The predicted octanol–water partition coefficient (Wildman–Crippen LogP) is 1.99. The van der Waals surface area contributed by atoms with Crippen molar-refractivity contribution in [1.29, 1.82) is 0 Å². The molecule has 0 aromatic carbocycles. The van der Waals surface area contributed by atoms with Gasteiger partial charge in [-0.15, -0.1) is 5.10 Å². The average molecular weight is 342 g/mol. The Morgan fingerprint density at radius 3 is 3.16 bits per heavy atom. The minimum atomic E-state index is 0.0174. The first kappa shape index (κ1) is 16.5. The lowest BCUT2D eigenvalue weighted by atomic mass is 9.86. The molecule has 134 valence electrons. The van der Waals surface area contributed by atoms with Gasteiger partial charge in [0.05, 0.1) is 24.2 Å². The first-order chi connectivity index (χ1) is 12.2. The molecule has 2 aliphatic rings. The van der Waals surface area contributed by atoms with Gasteiger partial charge in [-0.25, -0.2) is 4.98 Å². The van der Waals surface area contributed by atoms with Gasteiger partial charge in [0.25, 0.3) is 0 Å². The third-order valence-corrected chi connectivity index (χ3v) is 5.22. The number of likely N-dealkylation sites (tertiary alicyclic amines) is 1. The summed E-state index contributed by atoms with van der Waals surface area (Å²) in [7, 11) is 0. The van der Waals surface area contributed by atoms with Crippen LogP contribution in [0.1, 0.15) is 30.7 Å². The minimum absolute atomic E-state index is 0.0174. The molecule has 2 unspecified atom stereocenters. The topological polar surface area (TPSA) is 79.0 Å². The molecule has 2 fully saturated rings. The molecular weight excluding hydrogens is 316 g/mol. The number of ether oxygens (including phenoxy) is 1. The Hall–Kier alpha value is -1.99. The fourth-order valence-corrected chi connectivity index (χ4v) is 4.03. The number of rotatable bonds is 5. The van der Waals surface area contributed by atoms with Crippen molar-refractivity contribution < 1.29 is 4.74 Å². The monoisotopic (exact) mass is 342 g/mol. The van der Waals surface area contributed by atoms with Crippen molar-refractivity contribution in [3.63, 3.8) is 0 Å². The van der Waals surface area contributed by atoms with Crippen LogP contribution in [0.2, 0.25) is 0 Å². The zero-order chi connectivity index (χ0) is 17.1. The zero-order valence-corrected chi connectivity index (χ0v) is 14.7. The summed E-state index contributed by atoms with van der Waals surface area (Å²) in [6.07, 6.45) is 7.12. The van der Waals surface area contributed by atoms with Crippen LogP contribution in [0, 0.1) is 12.8 Å². The van der Waals surface area contributed by atoms with E-state index in [1.54, 1.807) is 6.33 Å². The molecule has 2 aromatic heterocycles. The molecule has 0 amide bonds. The first-order valence-electron chi connectivity index (χ1n) is 9.09. The van der Waals surface area contributed by atoms with Crippen molar-refractivity contribution in [2.75, 3.05) is 31.6 Å². The van der Waals surface area contributed by atoms with E-state index in [2.05, 4.69) is 30.4 Å². The van der Waals surface area contributed by atoms with Gasteiger partial charge in [-0.3, -0.25) is 4.90 Å². The van der Waals surface area contributed by atoms with Crippen LogP contribution in [-0.4, -0.2) is 56.9 Å². The standard InChI is InChI=1S/C18H26N6O/c1-14-3-4-17(23-22-14)20-8-15-7-18(25-11-15)5-2-6-24(12-18)10-16-9-19-13-21-16/h3-4,9,13,15H,2,5-8,10-12H2,1H3,(H,19,21)(H,20,23). The molecule has 0 radical (unpaired) electrons. The third-order valence-electron chi connectivity index (χ3n) is 5.22. The third kappa shape index (κ3) is 3.99. The quantitative estimate of drug-likeness (QED) is 0.865. The molecule has 4 rings (SSSR count). The van der Waals surface area contributed by atoms with Gasteiger partial charge in [-0.05, 0) is 44.9 Å². The fraction of sp³-hybridized carbons (Fsp3) is 0.611. The van der Waals surface area contributed by atoms with E-state index in [0.29, 0.717) is 5.92 Å². The van der Waals surface area contributed by atoms with Crippen LogP contribution >= 0.6 is 0 Å². The lowest BCUT2D eigenvalue weighted by Crippen LogP contribution is -2.47. The van der Waals surface area contributed by atoms with Gasteiger partial charge in [0.15, 0.2) is 0 Å². The number of anilines is 1. The highest BCUT2D eigenvalue weighted by Gasteiger charge is 2.43. The smallest absolute Gasteiger partial charge is 0.148 e. The van der Waals surface area contributed by atoms with E-state index in [1.807, 2.05) is 25.3 Å². The van der Waals surface area contributed by atoms with E-state index >= 15 is 0 Å². The molecule has 0 bridgehead atoms. The Labute approximate surface area is 148 Å². The van der Waals surface area contributed by atoms with E-state index < -0.39 is 0 Å². The molecule has 0 aliphatic carbocycles. The van der Waals surface area contributed by atoms with E-state index in [-0.39, 0.29) is 5.60 Å². The molecule has 2 aliphatic heterocycles. The summed E-state index contributed by atoms with van der Waals surface area (Å²) in [5.41, 5.74) is 2.13. The maximum absolute atomic E-state index is 6.31. The summed E-state index contributed by atoms with van der Waals surface area (Å²) in [4.78, 5) is 9.80. The van der Waals surface area contributed by atoms with E-state index in [0.717, 1.165) is 57.1 Å². The number of aromatic nitrogens is 4. The van der Waals surface area contributed by atoms with Gasteiger partial charge in [0.2, 0.25) is 0 Å². The van der Waals surface area contributed by atoms with Crippen molar-refractivity contribution >= 4 is 5.82 Å². The largest absolute Gasteiger partial charge is 0.373 e. The van der Waals surface area contributed by atoms with Crippen LogP contribution in [0.4, 0.5) is 5.82 Å². The fourth-order valence-electron chi connectivity index (χ4n) is 4.03. The maximum Gasteiger partial charge on any atom is 0.148 e. The summed E-state index contributed by atoms with van der Waals surface area (Å²) >= 11 is 0. The van der Waals surface area contributed by atoms with Crippen LogP contribution < -0.4 is 5.32 Å². The molecule has 2 saturated heterocycles. The van der Waals surface area contributed by atoms with Crippen LogP contribution in [0.15, 0.2) is 24.7 Å². The molecule has 7 heteroatoms. The second-order valence-electron chi connectivity index (χ2n) is 7.40. The van der Waals surface area contributed by atoms with Crippen LogP contribution in [-0.2, 0) is 11.3 Å². The first-order valence-corrected chi connectivity index (χ1v) is 9.09. The average Bonchev–Trinajstić information content (AvgIpc) is 3.25. The molecule has 0 saturated carbocycles. The van der Waals surface area contributed by atoms with Gasteiger partial charge >= 0.3 is 0 Å². The Kier molecular flexibility index (Phi) is 4.67. The molecule has 25 heavy (non-hydrogen) atoms. The van der Waals surface area contributed by atoms with E-state index in [1.165, 1.54) is 12.1 Å². The van der Waals surface area contributed by atoms with Gasteiger partial charge in [0, 0.05) is 37.4 Å². The highest BCUT2D eigenvalue weighted by Crippen LogP contribution is 2.37. The van der Waals surface area contributed by atoms with Crippen LogP contribution in [0.5, 0.6) is 0 Å². The normalized spacial score (nSPS) is 27.0. The highest BCUT2D eigenvalue weighted by molar-refractivity contribution is 5.32. The second-order valence-corrected chi connectivity index (χ2v) is 7.40. The summed E-state index contributed by atoms with van der Waals surface area (Å²) in [6.45, 7) is 6.72. The summed E-state index contributed by atoms with van der Waals surface area (Å²) in [5, 5.41) is 11.7. The highest BCUT2D eigenvalue weighted by atomic mass is 16.5. The molecule has 4 heterocycles. The van der Waals surface area contributed by atoms with Crippen molar-refractivity contribution in [2.45, 2.75) is 38.3 Å². The maximum atomic E-state index is 6.31. The summed E-state index contributed by atoms with van der Waals surface area (Å²) < 4.78 is 6.31. The number of H-pyrrole nitrogens is 1. The summed E-state index contributed by atoms with van der Waals surface area (Å²) in [5.74, 6) is 1.37. The van der Waals surface area contributed by atoms with Crippen molar-refractivity contribution in [3.05, 3.63) is 36.0 Å². The van der Waals surface area contributed by atoms with Crippen molar-refractivity contribution in [3.8, 4) is 0 Å². The Bertz CT molecular complexity index is 673. The van der Waals surface area contributed by atoms with Gasteiger partial charge in [-0.1, -0.05) is 0 Å². The van der Waals surface area contributed by atoms with Crippen molar-refractivity contribution in [1.82, 2.24) is 25.1 Å². The minimum Gasteiger partial charge on any atom is -0.373 e. The molecule has 7 nitrogen and oxygen atoms in total. The number of piperidine rings is 1. The van der Waals surface area contributed by atoms with Gasteiger partial charge in [-0.2, -0.15) is 5.10 Å². The van der Waals surface area contributed by atoms with Crippen molar-refractivity contribution in [2.24, 2.45) is 5.92 Å². The van der Waals surface area contributed by atoms with Gasteiger partial charge in [0.1, 0.15) is 5.82 Å². The van der Waals surface area contributed by atoms with Gasteiger partial charge < -0.3 is 15.0 Å². The molecule has 2 aromatic rings. The van der Waals surface area contributed by atoms with E-state index in [9.17, 15) is 0 Å². The predicted molar refractivity (Wildman–Crippen MR) is 95.1 cm³/mol. The van der Waals surface area contributed by atoms with Crippen LogP contribution in [0.3, 0.4) is 0 Å². The molecular formula is C18H26N6O. The number of hydrogen-bond acceptors (Lipinski definition) is 6. The lowest BCUT2D eigenvalue weighted by molar-refractivity contribution is -0.0537. The number of nitrogens with one attached hydrogen (secondary N) is 2. The Morgan fingerprint density at radius 1 is 1.40 bits per heavy atom. The number of imidazole rings is 1. The van der Waals surface area contributed by atoms with E-state index in [4.69, 9.17) is 4.74 Å². The SMILES string of the molecule is Cc1ccc(NCC2COC3(CCCN(Cc4cnc[nH]4)C3)C2)nn1. The van der Waals surface area contributed by atoms with Crippen LogP contribution in [0.25, 0.3) is 0 Å². The molecule has 2 N–H and O–H groups in total. The summed E-state index contributed by atoms with van der Waals surface area (Å²) in [6, 6.07) is 3.97. The number of nitrogens with zero attached hydrogens (tertiary/aromatic N) is 4. The Balaban J connectivity index is 1.30. The number of hydrogen-bond donors (Lipinski definition) is 2. The zero-order valence-electron chi connectivity index (χ0n) is 14.7. The Morgan fingerprint density at radius 2 is 2.36 bits per heavy atom. The lowest BCUT2D eigenvalue weighted by Gasteiger charge is -2.39.